The van der Waals surface area contributed by atoms with E-state index in [0.29, 0.717) is 11.7 Å². The van der Waals surface area contributed by atoms with E-state index >= 15 is 0 Å². The Morgan fingerprint density at radius 1 is 1.40 bits per heavy atom. The number of anilines is 1. The fourth-order valence-electron chi connectivity index (χ4n) is 0.937. The number of hydrogen-bond donors (Lipinski definition) is 2. The Bertz CT molecular complexity index is 406. The SMILES string of the molecule is CNCCS(=O)(=O)Nc1nc(C)c(C)s1. The first-order valence-corrected chi connectivity index (χ1v) is 7.00. The summed E-state index contributed by atoms with van der Waals surface area (Å²) in [6.07, 6.45) is 0. The van der Waals surface area contributed by atoms with E-state index in [-0.39, 0.29) is 5.75 Å². The van der Waals surface area contributed by atoms with Gasteiger partial charge in [-0.15, -0.1) is 11.3 Å². The highest BCUT2D eigenvalue weighted by atomic mass is 32.2. The molecule has 0 aliphatic rings. The van der Waals surface area contributed by atoms with Crippen LogP contribution in [0.1, 0.15) is 10.6 Å². The first kappa shape index (κ1) is 12.4. The average Bonchev–Trinajstić information content (AvgIpc) is 2.41. The van der Waals surface area contributed by atoms with Crippen molar-refractivity contribution in [1.82, 2.24) is 10.3 Å². The molecule has 5 nitrogen and oxygen atoms in total. The van der Waals surface area contributed by atoms with Gasteiger partial charge < -0.3 is 5.32 Å². The lowest BCUT2D eigenvalue weighted by atomic mass is 10.4. The van der Waals surface area contributed by atoms with Gasteiger partial charge in [-0.05, 0) is 20.9 Å². The van der Waals surface area contributed by atoms with E-state index < -0.39 is 10.0 Å². The summed E-state index contributed by atoms with van der Waals surface area (Å²) < 4.78 is 25.4. The molecule has 2 N–H and O–H groups in total. The van der Waals surface area contributed by atoms with Crippen LogP contribution in [0.25, 0.3) is 0 Å². The molecule has 1 heterocycles. The summed E-state index contributed by atoms with van der Waals surface area (Å²) in [4.78, 5) is 5.14. The minimum absolute atomic E-state index is 0.0567. The van der Waals surface area contributed by atoms with Crippen molar-refractivity contribution >= 4 is 26.5 Å². The third-order valence-electron chi connectivity index (χ3n) is 1.89. The predicted octanol–water partition coefficient (Wildman–Crippen LogP) is 0.721. The van der Waals surface area contributed by atoms with Gasteiger partial charge in [0.05, 0.1) is 11.4 Å². The third kappa shape index (κ3) is 3.77. The lowest BCUT2D eigenvalue weighted by Gasteiger charge is -2.03. The van der Waals surface area contributed by atoms with Crippen LogP contribution in [0.2, 0.25) is 0 Å². The van der Waals surface area contributed by atoms with Crippen molar-refractivity contribution in [3.8, 4) is 0 Å². The summed E-state index contributed by atoms with van der Waals surface area (Å²) in [5.74, 6) is 0.0567. The van der Waals surface area contributed by atoms with Gasteiger partial charge in [0, 0.05) is 11.4 Å². The van der Waals surface area contributed by atoms with Gasteiger partial charge in [0.2, 0.25) is 10.0 Å². The van der Waals surface area contributed by atoms with Crippen molar-refractivity contribution in [1.29, 1.82) is 0 Å². The summed E-state index contributed by atoms with van der Waals surface area (Å²) in [5.41, 5.74) is 0.867. The molecule has 0 bridgehead atoms. The van der Waals surface area contributed by atoms with Gasteiger partial charge in [-0.1, -0.05) is 0 Å². The summed E-state index contributed by atoms with van der Waals surface area (Å²) in [6, 6.07) is 0. The molecule has 1 rings (SSSR count). The highest BCUT2D eigenvalue weighted by Crippen LogP contribution is 2.21. The predicted molar refractivity (Wildman–Crippen MR) is 62.9 cm³/mol. The van der Waals surface area contributed by atoms with E-state index in [1.807, 2.05) is 13.8 Å². The summed E-state index contributed by atoms with van der Waals surface area (Å²) >= 11 is 1.35. The maximum atomic E-state index is 11.5. The fraction of sp³-hybridized carbons (Fsp3) is 0.625. The molecule has 0 atom stereocenters. The summed E-state index contributed by atoms with van der Waals surface area (Å²) in [7, 11) is -1.55. The van der Waals surface area contributed by atoms with E-state index in [4.69, 9.17) is 0 Å². The molecule has 1 aromatic rings. The second-order valence-electron chi connectivity index (χ2n) is 3.19. The van der Waals surface area contributed by atoms with Crippen molar-refractivity contribution in [3.63, 3.8) is 0 Å². The number of thiazole rings is 1. The van der Waals surface area contributed by atoms with E-state index in [1.54, 1.807) is 7.05 Å². The van der Waals surface area contributed by atoms with Crippen LogP contribution in [-0.4, -0.2) is 32.7 Å². The van der Waals surface area contributed by atoms with Crippen LogP contribution in [0.3, 0.4) is 0 Å². The van der Waals surface area contributed by atoms with Gasteiger partial charge in [-0.25, -0.2) is 13.4 Å². The zero-order valence-corrected chi connectivity index (χ0v) is 10.6. The first-order valence-electron chi connectivity index (χ1n) is 4.54. The van der Waals surface area contributed by atoms with Crippen LogP contribution >= 0.6 is 11.3 Å². The second kappa shape index (κ2) is 4.91. The minimum atomic E-state index is -3.26. The Morgan fingerprint density at radius 2 is 2.07 bits per heavy atom. The number of nitrogens with one attached hydrogen (secondary N) is 2. The third-order valence-corrected chi connectivity index (χ3v) is 4.26. The van der Waals surface area contributed by atoms with E-state index in [9.17, 15) is 8.42 Å². The van der Waals surface area contributed by atoms with Crippen molar-refractivity contribution in [2.24, 2.45) is 0 Å². The van der Waals surface area contributed by atoms with Crippen LogP contribution < -0.4 is 10.0 Å². The lowest BCUT2D eigenvalue weighted by molar-refractivity contribution is 0.598. The highest BCUT2D eigenvalue weighted by Gasteiger charge is 2.12. The zero-order chi connectivity index (χ0) is 11.5. The standard InChI is InChI=1S/C8H15N3O2S2/c1-6-7(2)14-8(10-6)11-15(12,13)5-4-9-3/h9H,4-5H2,1-3H3,(H,10,11). The summed E-state index contributed by atoms with van der Waals surface area (Å²) in [5, 5.41) is 3.24. The molecule has 0 radical (unpaired) electrons. The largest absolute Gasteiger partial charge is 0.319 e. The molecule has 0 spiro atoms. The fourth-order valence-corrected chi connectivity index (χ4v) is 3.04. The maximum absolute atomic E-state index is 11.5. The molecule has 0 amide bonds. The minimum Gasteiger partial charge on any atom is -0.319 e. The first-order chi connectivity index (χ1) is 6.94. The smallest absolute Gasteiger partial charge is 0.235 e. The van der Waals surface area contributed by atoms with Crippen LogP contribution in [0.15, 0.2) is 0 Å². The average molecular weight is 249 g/mol. The molecule has 15 heavy (non-hydrogen) atoms. The normalized spacial score (nSPS) is 11.7. The van der Waals surface area contributed by atoms with Gasteiger partial charge in [0.15, 0.2) is 5.13 Å². The monoisotopic (exact) mass is 249 g/mol. The molecule has 7 heteroatoms. The second-order valence-corrected chi connectivity index (χ2v) is 6.23. The maximum Gasteiger partial charge on any atom is 0.235 e. The Balaban J connectivity index is 2.69. The van der Waals surface area contributed by atoms with Gasteiger partial charge in [0.25, 0.3) is 0 Å². The molecular weight excluding hydrogens is 234 g/mol. The van der Waals surface area contributed by atoms with Crippen LogP contribution in [-0.2, 0) is 10.0 Å². The van der Waals surface area contributed by atoms with Crippen LogP contribution in [0, 0.1) is 13.8 Å². The molecule has 0 fully saturated rings. The molecule has 86 valence electrons. The van der Waals surface area contributed by atoms with E-state index in [1.165, 1.54) is 11.3 Å². The van der Waals surface area contributed by atoms with Gasteiger partial charge in [-0.2, -0.15) is 0 Å². The highest BCUT2D eigenvalue weighted by molar-refractivity contribution is 7.92. The number of nitrogens with zero attached hydrogens (tertiary/aromatic N) is 1. The number of aromatic nitrogens is 1. The number of rotatable bonds is 5. The van der Waals surface area contributed by atoms with Gasteiger partial charge in [-0.3, -0.25) is 4.72 Å². The molecule has 0 unspecified atom stereocenters. The van der Waals surface area contributed by atoms with Gasteiger partial charge in [0.1, 0.15) is 0 Å². The van der Waals surface area contributed by atoms with Gasteiger partial charge >= 0.3 is 0 Å². The van der Waals surface area contributed by atoms with Crippen LogP contribution in [0.4, 0.5) is 5.13 Å². The molecule has 0 aliphatic heterocycles. The molecule has 0 aliphatic carbocycles. The Labute approximate surface area is 94.0 Å². The Morgan fingerprint density at radius 3 is 2.53 bits per heavy atom. The lowest BCUT2D eigenvalue weighted by Crippen LogP contribution is -2.24. The Hall–Kier alpha value is -0.660. The number of hydrogen-bond acceptors (Lipinski definition) is 5. The van der Waals surface area contributed by atoms with Crippen molar-refractivity contribution < 1.29 is 8.42 Å². The van der Waals surface area contributed by atoms with Crippen molar-refractivity contribution in [2.75, 3.05) is 24.1 Å². The molecule has 0 saturated carbocycles. The van der Waals surface area contributed by atoms with E-state index in [0.717, 1.165) is 10.6 Å². The number of sulfonamides is 1. The molecular formula is C8H15N3O2S2. The Kier molecular flexibility index (Phi) is 4.06. The van der Waals surface area contributed by atoms with Crippen molar-refractivity contribution in [3.05, 3.63) is 10.6 Å². The van der Waals surface area contributed by atoms with E-state index in [2.05, 4.69) is 15.0 Å². The van der Waals surface area contributed by atoms with Crippen LogP contribution in [0.5, 0.6) is 0 Å². The quantitative estimate of drug-likeness (QED) is 0.806. The molecule has 1 aromatic heterocycles. The molecule has 0 saturated heterocycles. The topological polar surface area (TPSA) is 71.1 Å². The molecule has 0 aromatic carbocycles. The summed E-state index contributed by atoms with van der Waals surface area (Å²) in [6.45, 7) is 4.20. The number of aryl methyl sites for hydroxylation is 2. The van der Waals surface area contributed by atoms with Crippen molar-refractivity contribution in [2.45, 2.75) is 13.8 Å². The zero-order valence-electron chi connectivity index (χ0n) is 8.99.